The van der Waals surface area contributed by atoms with Gasteiger partial charge in [0.15, 0.2) is 12.4 Å². The second-order valence-electron chi connectivity index (χ2n) is 12.2. The van der Waals surface area contributed by atoms with Gasteiger partial charge in [0, 0.05) is 21.0 Å². The first-order chi connectivity index (χ1) is 21.3. The first kappa shape index (κ1) is 27.1. The van der Waals surface area contributed by atoms with Crippen molar-refractivity contribution in [3.8, 4) is 11.3 Å². The number of ketones is 1. The third kappa shape index (κ3) is 4.19. The van der Waals surface area contributed by atoms with Gasteiger partial charge >= 0.3 is 5.97 Å². The summed E-state index contributed by atoms with van der Waals surface area (Å²) in [4.78, 5) is 59.4. The molecule has 8 heteroatoms. The monoisotopic (exact) mass is 646 g/mol. The molecule has 44 heavy (non-hydrogen) atoms. The first-order valence-electron chi connectivity index (χ1n) is 14.8. The van der Waals surface area contributed by atoms with Crippen LogP contribution in [0.15, 0.2) is 89.4 Å². The number of benzene rings is 3. The quantitative estimate of drug-likeness (QED) is 0.102. The molecule has 2 amide bonds. The molecule has 0 N–H and O–H groups in total. The Bertz CT molecular complexity index is 1900. The van der Waals surface area contributed by atoms with Crippen molar-refractivity contribution in [1.82, 2.24) is 4.98 Å². The molecule has 3 aromatic carbocycles. The fourth-order valence-corrected chi connectivity index (χ4v) is 7.89. The zero-order valence-corrected chi connectivity index (χ0v) is 25.4. The number of carbonyl (C=O) groups excluding carboxylic acids is 4. The number of halogens is 1. The van der Waals surface area contributed by atoms with Gasteiger partial charge in [0.05, 0.1) is 34.3 Å². The zero-order valence-electron chi connectivity index (χ0n) is 23.8. The number of esters is 1. The van der Waals surface area contributed by atoms with Crippen LogP contribution in [0.5, 0.6) is 0 Å². The summed E-state index contributed by atoms with van der Waals surface area (Å²) < 4.78 is 6.34. The summed E-state index contributed by atoms with van der Waals surface area (Å²) in [6.07, 6.45) is 5.47. The number of anilines is 1. The van der Waals surface area contributed by atoms with Gasteiger partial charge in [-0.15, -0.1) is 0 Å². The van der Waals surface area contributed by atoms with Gasteiger partial charge in [0.25, 0.3) is 0 Å². The van der Waals surface area contributed by atoms with Gasteiger partial charge in [-0.2, -0.15) is 0 Å². The molecule has 2 bridgehead atoms. The van der Waals surface area contributed by atoms with Crippen molar-refractivity contribution < 1.29 is 23.9 Å². The Labute approximate surface area is 262 Å². The number of rotatable bonds is 6. The van der Waals surface area contributed by atoms with Crippen LogP contribution >= 0.6 is 15.9 Å². The van der Waals surface area contributed by atoms with E-state index in [0.717, 1.165) is 22.0 Å². The van der Waals surface area contributed by atoms with E-state index in [1.807, 2.05) is 37.3 Å². The van der Waals surface area contributed by atoms with Crippen LogP contribution in [0.2, 0.25) is 0 Å². The average molecular weight is 648 g/mol. The summed E-state index contributed by atoms with van der Waals surface area (Å²) in [5.74, 6) is -0.190. The maximum Gasteiger partial charge on any atom is 0.339 e. The van der Waals surface area contributed by atoms with Crippen LogP contribution < -0.4 is 4.90 Å². The number of allylic oxidation sites excluding steroid dienone is 2. The lowest BCUT2D eigenvalue weighted by atomic mass is 9.63. The number of ether oxygens (including phenoxy) is 1. The highest BCUT2D eigenvalue weighted by Gasteiger charge is 2.67. The Morgan fingerprint density at radius 1 is 0.909 bits per heavy atom. The van der Waals surface area contributed by atoms with Gasteiger partial charge in [-0.1, -0.05) is 70.5 Å². The summed E-state index contributed by atoms with van der Waals surface area (Å²) >= 11 is 3.35. The standard InChI is InChI=1S/C36H27BrN2O5/c1-18-3-2-4-25-28(36(43)44-17-30(40)20-5-9-21(37)10-6-20)16-29(38-33(18)25)19-7-11-22(12-8-19)39-34(41)31-23-13-14-24(27-15-26(23)27)32(31)35(39)42/h2-14,16,23-24,26-27,31-32H,15,17H2,1H3. The van der Waals surface area contributed by atoms with Crippen LogP contribution in [0.3, 0.4) is 0 Å². The fourth-order valence-electron chi connectivity index (χ4n) is 7.63. The Morgan fingerprint density at radius 2 is 1.57 bits per heavy atom. The van der Waals surface area contributed by atoms with E-state index < -0.39 is 12.6 Å². The van der Waals surface area contributed by atoms with Crippen molar-refractivity contribution in [2.24, 2.45) is 35.5 Å². The molecule has 3 fully saturated rings. The molecule has 1 saturated heterocycles. The van der Waals surface area contributed by atoms with Crippen molar-refractivity contribution in [1.29, 1.82) is 0 Å². The van der Waals surface area contributed by atoms with Gasteiger partial charge in [-0.05, 0) is 72.9 Å². The van der Waals surface area contributed by atoms with Crippen LogP contribution in [-0.2, 0) is 14.3 Å². The van der Waals surface area contributed by atoms with E-state index >= 15 is 0 Å². The fraction of sp³-hybridized carbons (Fsp3) is 0.250. The number of fused-ring (bicyclic) bond motifs is 1. The highest BCUT2D eigenvalue weighted by Crippen LogP contribution is 2.65. The number of para-hydroxylation sites is 1. The lowest BCUT2D eigenvalue weighted by molar-refractivity contribution is -0.124. The van der Waals surface area contributed by atoms with Crippen molar-refractivity contribution in [3.63, 3.8) is 0 Å². The number of pyridine rings is 1. The first-order valence-corrected chi connectivity index (χ1v) is 15.6. The smallest absolute Gasteiger partial charge is 0.339 e. The number of hydrogen-bond donors (Lipinski definition) is 0. The van der Waals surface area contributed by atoms with Crippen LogP contribution in [0, 0.1) is 42.4 Å². The molecule has 4 aromatic rings. The minimum atomic E-state index is -0.622. The number of amides is 2. The number of aromatic nitrogens is 1. The van der Waals surface area contributed by atoms with Gasteiger partial charge in [-0.3, -0.25) is 19.3 Å². The molecule has 0 radical (unpaired) electrons. The van der Waals surface area contributed by atoms with Crippen molar-refractivity contribution in [2.75, 3.05) is 11.5 Å². The minimum Gasteiger partial charge on any atom is -0.454 e. The number of nitrogens with zero attached hydrogens (tertiary/aromatic N) is 2. The van der Waals surface area contributed by atoms with E-state index in [2.05, 4.69) is 28.1 Å². The molecule has 0 spiro atoms. The Balaban J connectivity index is 1.07. The molecular formula is C36H27BrN2O5. The number of aryl methyl sites for hydroxylation is 1. The lowest BCUT2D eigenvalue weighted by Gasteiger charge is -2.37. The highest BCUT2D eigenvalue weighted by molar-refractivity contribution is 9.10. The summed E-state index contributed by atoms with van der Waals surface area (Å²) in [5, 5.41) is 0.628. The molecule has 2 heterocycles. The van der Waals surface area contributed by atoms with E-state index in [1.54, 1.807) is 42.5 Å². The Kier molecular flexibility index (Phi) is 6.20. The normalized spacial score (nSPS) is 26.1. The van der Waals surface area contributed by atoms with Crippen molar-refractivity contribution in [3.05, 3.63) is 106 Å². The summed E-state index contributed by atoms with van der Waals surface area (Å²) in [5.41, 5.74) is 4.10. The SMILES string of the molecule is Cc1cccc2c(C(=O)OCC(=O)c3ccc(Br)cc3)cc(-c3ccc(N4C(=O)C5C6C=CC(C7CC67)C5C4=O)cc3)nc12. The lowest BCUT2D eigenvalue weighted by Crippen LogP contribution is -2.40. The molecule has 2 saturated carbocycles. The molecule has 4 aliphatic carbocycles. The molecule has 9 rings (SSSR count). The second kappa shape index (κ2) is 10.1. The summed E-state index contributed by atoms with van der Waals surface area (Å²) in [7, 11) is 0. The molecule has 218 valence electrons. The minimum absolute atomic E-state index is 0.0976. The zero-order chi connectivity index (χ0) is 30.3. The maximum absolute atomic E-state index is 13.6. The molecule has 1 aliphatic heterocycles. The molecule has 7 nitrogen and oxygen atoms in total. The predicted molar refractivity (Wildman–Crippen MR) is 168 cm³/mol. The predicted octanol–water partition coefficient (Wildman–Crippen LogP) is 6.57. The number of imide groups is 1. The third-order valence-corrected chi connectivity index (χ3v) is 10.4. The number of carbonyl (C=O) groups is 4. The van der Waals surface area contributed by atoms with Crippen LogP contribution in [0.25, 0.3) is 22.2 Å². The third-order valence-electron chi connectivity index (χ3n) is 9.85. The van der Waals surface area contributed by atoms with Crippen molar-refractivity contribution >= 4 is 56.1 Å². The molecule has 6 atom stereocenters. The average Bonchev–Trinajstić information content (AvgIpc) is 3.82. The Hall–Kier alpha value is -4.43. The molecular weight excluding hydrogens is 620 g/mol. The van der Waals surface area contributed by atoms with E-state index in [4.69, 9.17) is 9.72 Å². The summed E-state index contributed by atoms with van der Waals surface area (Å²) in [6.45, 7) is 1.53. The maximum atomic E-state index is 13.6. The van der Waals surface area contributed by atoms with Crippen LogP contribution in [-0.4, -0.2) is 35.2 Å². The highest BCUT2D eigenvalue weighted by atomic mass is 79.9. The molecule has 6 unspecified atom stereocenters. The second-order valence-corrected chi connectivity index (χ2v) is 13.2. The topological polar surface area (TPSA) is 93.6 Å². The van der Waals surface area contributed by atoms with E-state index in [0.29, 0.717) is 45.2 Å². The molecule has 1 aromatic heterocycles. The van der Waals surface area contributed by atoms with E-state index in [1.165, 1.54) is 4.90 Å². The Morgan fingerprint density at radius 3 is 2.23 bits per heavy atom. The van der Waals surface area contributed by atoms with Gasteiger partial charge in [0.2, 0.25) is 11.8 Å². The number of Topliss-reactive ketones (excluding diaryl/α,β-unsaturated/α-hetero) is 1. The van der Waals surface area contributed by atoms with E-state index in [9.17, 15) is 19.2 Å². The largest absolute Gasteiger partial charge is 0.454 e. The van der Waals surface area contributed by atoms with Gasteiger partial charge < -0.3 is 4.74 Å². The van der Waals surface area contributed by atoms with Gasteiger partial charge in [0.1, 0.15) is 0 Å². The number of hydrogen-bond acceptors (Lipinski definition) is 6. The van der Waals surface area contributed by atoms with Crippen molar-refractivity contribution in [2.45, 2.75) is 13.3 Å². The summed E-state index contributed by atoms with van der Waals surface area (Å²) in [6, 6.07) is 21.3. The van der Waals surface area contributed by atoms with Gasteiger partial charge in [-0.25, -0.2) is 9.78 Å². The molecule has 5 aliphatic rings. The van der Waals surface area contributed by atoms with Crippen LogP contribution in [0.1, 0.15) is 32.7 Å². The van der Waals surface area contributed by atoms with Crippen LogP contribution in [0.4, 0.5) is 5.69 Å². The van der Waals surface area contributed by atoms with E-state index in [-0.39, 0.29) is 41.3 Å².